The number of unbranched alkanes of at least 4 members (excludes halogenated alkanes) is 2. The van der Waals surface area contributed by atoms with Gasteiger partial charge in [0.05, 0.1) is 39.6 Å². The summed E-state index contributed by atoms with van der Waals surface area (Å²) < 4.78 is 10.9. The Hall–Kier alpha value is -1.74. The topological polar surface area (TPSA) is 89.5 Å². The van der Waals surface area contributed by atoms with Crippen LogP contribution < -0.4 is 0 Å². The molecule has 0 heterocycles. The van der Waals surface area contributed by atoms with Crippen LogP contribution in [0.2, 0.25) is 0 Å². The lowest BCUT2D eigenvalue weighted by atomic mass is 9.68. The van der Waals surface area contributed by atoms with Gasteiger partial charge in [0.25, 0.3) is 0 Å². The van der Waals surface area contributed by atoms with E-state index < -0.39 is 0 Å². The highest BCUT2D eigenvalue weighted by Gasteiger charge is 2.37. The molecular formula is C33H60O8. The second kappa shape index (κ2) is 21.9. The Morgan fingerprint density at radius 1 is 0.707 bits per heavy atom. The van der Waals surface area contributed by atoms with Gasteiger partial charge in [-0.2, -0.15) is 0 Å². The van der Waals surface area contributed by atoms with Crippen molar-refractivity contribution in [2.24, 2.45) is 22.7 Å². The Bertz CT molecular complexity index is 771. The predicted molar refractivity (Wildman–Crippen MR) is 163 cm³/mol. The van der Waals surface area contributed by atoms with Crippen molar-refractivity contribution in [3.8, 4) is 0 Å². The molecule has 0 aliphatic heterocycles. The number of ether oxygens (including phenoxy) is 2. The predicted octanol–water partition coefficient (Wildman–Crippen LogP) is 7.96. The van der Waals surface area contributed by atoms with E-state index in [1.807, 2.05) is 26.8 Å². The summed E-state index contributed by atoms with van der Waals surface area (Å²) in [6.07, 6.45) is 8.07. The zero-order chi connectivity index (χ0) is 31.3. The first kappa shape index (κ1) is 39.3. The maximum atomic E-state index is 12.8. The highest BCUT2D eigenvalue weighted by molar-refractivity contribution is 5.88. The van der Waals surface area contributed by atoms with E-state index in [1.165, 1.54) is 0 Å². The molecular weight excluding hydrogens is 524 g/mol. The van der Waals surface area contributed by atoms with Crippen molar-refractivity contribution in [3.63, 3.8) is 0 Å². The molecule has 0 radical (unpaired) electrons. The van der Waals surface area contributed by atoms with Crippen molar-refractivity contribution in [2.75, 3.05) is 39.6 Å². The minimum absolute atomic E-state index is 0.0554. The number of rotatable bonds is 25. The summed E-state index contributed by atoms with van der Waals surface area (Å²) in [5, 5.41) is 0. The molecule has 0 rings (SSSR count). The summed E-state index contributed by atoms with van der Waals surface area (Å²) in [5.41, 5.74) is 0.529. The van der Waals surface area contributed by atoms with Gasteiger partial charge in [-0.1, -0.05) is 67.0 Å². The molecule has 8 heteroatoms. The van der Waals surface area contributed by atoms with Crippen molar-refractivity contribution in [1.82, 2.24) is 0 Å². The van der Waals surface area contributed by atoms with Crippen LogP contribution in [0.1, 0.15) is 114 Å². The van der Waals surface area contributed by atoms with Crippen LogP contribution in [-0.2, 0) is 38.6 Å². The minimum Gasteiger partial charge on any atom is -0.462 e. The van der Waals surface area contributed by atoms with E-state index >= 15 is 0 Å². The Morgan fingerprint density at radius 2 is 1.15 bits per heavy atom. The monoisotopic (exact) mass is 584 g/mol. The maximum absolute atomic E-state index is 12.8. The maximum Gasteiger partial charge on any atom is 0.333 e. The largest absolute Gasteiger partial charge is 0.462 e. The summed E-state index contributed by atoms with van der Waals surface area (Å²) >= 11 is 0. The summed E-state index contributed by atoms with van der Waals surface area (Å²) in [6.45, 7) is 24.8. The van der Waals surface area contributed by atoms with Crippen molar-refractivity contribution < 1.29 is 38.6 Å². The Kier molecular flexibility index (Phi) is 21.0. The molecule has 0 fully saturated rings. The van der Waals surface area contributed by atoms with Crippen LogP contribution in [0, 0.1) is 22.7 Å². The third-order valence-electron chi connectivity index (χ3n) is 7.69. The summed E-state index contributed by atoms with van der Waals surface area (Å²) in [5.74, 6) is -0.475. The van der Waals surface area contributed by atoms with Gasteiger partial charge in [0.1, 0.15) is 0 Å². The summed E-state index contributed by atoms with van der Waals surface area (Å²) in [7, 11) is 0. The molecule has 2 atom stereocenters. The lowest BCUT2D eigenvalue weighted by Gasteiger charge is -2.38. The second-order valence-corrected chi connectivity index (χ2v) is 12.1. The summed E-state index contributed by atoms with van der Waals surface area (Å²) in [6, 6.07) is 0. The van der Waals surface area contributed by atoms with Crippen LogP contribution in [0.5, 0.6) is 0 Å². The smallest absolute Gasteiger partial charge is 0.333 e. The van der Waals surface area contributed by atoms with Crippen molar-refractivity contribution >= 4 is 11.9 Å². The average molecular weight is 585 g/mol. The normalized spacial score (nSPS) is 14.0. The molecule has 0 aliphatic carbocycles. The Balaban J connectivity index is 5.72. The lowest BCUT2D eigenvalue weighted by molar-refractivity contribution is -0.306. The quantitative estimate of drug-likeness (QED) is 0.0351. The molecule has 2 unspecified atom stereocenters. The van der Waals surface area contributed by atoms with Crippen LogP contribution in [0.15, 0.2) is 23.8 Å². The third-order valence-corrected chi connectivity index (χ3v) is 7.69. The molecule has 0 bridgehead atoms. The second-order valence-electron chi connectivity index (χ2n) is 12.1. The molecule has 0 N–H and O–H groups in total. The molecule has 0 aromatic rings. The fourth-order valence-corrected chi connectivity index (χ4v) is 4.74. The average Bonchev–Trinajstić information content (AvgIpc) is 2.92. The SMILES string of the molecule is C=C(CC(C)(C)C(CCC(COOCC)C(C)(C)C/C(=C\C)C(=O)OCCCC)COOCC)C(=O)OCCCC. The van der Waals surface area contributed by atoms with Gasteiger partial charge in [0.2, 0.25) is 0 Å². The van der Waals surface area contributed by atoms with Gasteiger partial charge >= 0.3 is 11.9 Å². The first-order valence-corrected chi connectivity index (χ1v) is 15.6. The highest BCUT2D eigenvalue weighted by Crippen LogP contribution is 2.42. The van der Waals surface area contributed by atoms with E-state index in [0.717, 1.165) is 38.5 Å². The van der Waals surface area contributed by atoms with Crippen LogP contribution in [0.25, 0.3) is 0 Å². The van der Waals surface area contributed by atoms with Gasteiger partial charge in [-0.25, -0.2) is 29.1 Å². The number of hydrogen-bond donors (Lipinski definition) is 0. The number of esters is 2. The van der Waals surface area contributed by atoms with Crippen molar-refractivity contribution in [1.29, 1.82) is 0 Å². The number of hydrogen-bond acceptors (Lipinski definition) is 8. The summed E-state index contributed by atoms with van der Waals surface area (Å²) in [4.78, 5) is 47.0. The van der Waals surface area contributed by atoms with Crippen molar-refractivity contribution in [3.05, 3.63) is 23.8 Å². The zero-order valence-corrected chi connectivity index (χ0v) is 27.6. The lowest BCUT2D eigenvalue weighted by Crippen LogP contribution is -2.34. The van der Waals surface area contributed by atoms with E-state index in [-0.39, 0.29) is 34.6 Å². The molecule has 0 saturated carbocycles. The highest BCUT2D eigenvalue weighted by atomic mass is 17.2. The number of carbonyl (C=O) groups is 2. The van der Waals surface area contributed by atoms with Crippen LogP contribution in [0.3, 0.4) is 0 Å². The first-order valence-electron chi connectivity index (χ1n) is 15.6. The first-order chi connectivity index (χ1) is 19.4. The van der Waals surface area contributed by atoms with Crippen LogP contribution in [-0.4, -0.2) is 51.6 Å². The Morgan fingerprint density at radius 3 is 1.56 bits per heavy atom. The van der Waals surface area contributed by atoms with Gasteiger partial charge in [0.15, 0.2) is 0 Å². The van der Waals surface area contributed by atoms with E-state index in [0.29, 0.717) is 63.6 Å². The Labute approximate surface area is 250 Å². The molecule has 240 valence electrons. The molecule has 0 spiro atoms. The molecule has 0 aromatic carbocycles. The van der Waals surface area contributed by atoms with E-state index in [4.69, 9.17) is 29.0 Å². The van der Waals surface area contributed by atoms with E-state index in [2.05, 4.69) is 48.1 Å². The molecule has 0 amide bonds. The molecule has 0 saturated heterocycles. The van der Waals surface area contributed by atoms with E-state index in [9.17, 15) is 9.59 Å². The van der Waals surface area contributed by atoms with Crippen molar-refractivity contribution in [2.45, 2.75) is 114 Å². The number of allylic oxidation sites excluding steroid dienone is 1. The van der Waals surface area contributed by atoms with Crippen LogP contribution >= 0.6 is 0 Å². The number of carbonyl (C=O) groups excluding carboxylic acids is 2. The molecule has 41 heavy (non-hydrogen) atoms. The molecule has 8 nitrogen and oxygen atoms in total. The fraction of sp³-hybridized carbons (Fsp3) is 0.818. The minimum atomic E-state index is -0.343. The van der Waals surface area contributed by atoms with Gasteiger partial charge in [-0.05, 0) is 82.0 Å². The van der Waals surface area contributed by atoms with Crippen LogP contribution in [0.4, 0.5) is 0 Å². The fourth-order valence-electron chi connectivity index (χ4n) is 4.74. The van der Waals surface area contributed by atoms with Gasteiger partial charge in [-0.15, -0.1) is 0 Å². The third kappa shape index (κ3) is 16.5. The molecule has 0 aliphatic rings. The standard InChI is InChI=1S/C33H60O8/c1-11-16-20-36-30(34)26(6)22-32(7,8)28(24-40-38-14-4)18-19-29(25-41-39-15-5)33(9,10)23-27(13-3)31(35)37-21-17-12-2/h13,28-29H,6,11-12,14-25H2,1-5,7-10H3/b27-13+. The molecule has 0 aromatic heterocycles. The zero-order valence-electron chi connectivity index (χ0n) is 27.6. The van der Waals surface area contributed by atoms with Gasteiger partial charge < -0.3 is 9.47 Å². The van der Waals surface area contributed by atoms with Gasteiger partial charge in [-0.3, -0.25) is 0 Å². The van der Waals surface area contributed by atoms with E-state index in [1.54, 1.807) is 0 Å². The van der Waals surface area contributed by atoms with Gasteiger partial charge in [0, 0.05) is 11.1 Å².